The zero-order valence-corrected chi connectivity index (χ0v) is 10.2. The Morgan fingerprint density at radius 3 is 2.53 bits per heavy atom. The summed E-state index contributed by atoms with van der Waals surface area (Å²) in [5.41, 5.74) is 1.07. The second-order valence-electron chi connectivity index (χ2n) is 4.67. The minimum absolute atomic E-state index is 0.119. The third-order valence-corrected chi connectivity index (χ3v) is 3.21. The van der Waals surface area contributed by atoms with Crippen molar-refractivity contribution in [2.24, 2.45) is 0 Å². The molecule has 1 aromatic carbocycles. The van der Waals surface area contributed by atoms with Crippen molar-refractivity contribution in [3.63, 3.8) is 0 Å². The highest BCUT2D eigenvalue weighted by Gasteiger charge is 2.40. The molecule has 1 aliphatic heterocycles. The molecule has 19 heavy (non-hydrogen) atoms. The summed E-state index contributed by atoms with van der Waals surface area (Å²) in [7, 11) is 0. The molecule has 0 bridgehead atoms. The molecule has 0 spiro atoms. The monoisotopic (exact) mass is 272 g/mol. The first kappa shape index (κ1) is 13.9. The Bertz CT molecular complexity index is 433. The number of amides is 1. The van der Waals surface area contributed by atoms with Crippen LogP contribution in [0.3, 0.4) is 0 Å². The van der Waals surface area contributed by atoms with Gasteiger partial charge in [0.15, 0.2) is 0 Å². The molecule has 0 saturated carbocycles. The van der Waals surface area contributed by atoms with Crippen LogP contribution in [0.2, 0.25) is 0 Å². The van der Waals surface area contributed by atoms with Gasteiger partial charge >= 0.3 is 12.1 Å². The lowest BCUT2D eigenvalue weighted by Gasteiger charge is -2.31. The maximum Gasteiger partial charge on any atom is 0.471 e. The van der Waals surface area contributed by atoms with Crippen LogP contribution in [0.25, 0.3) is 0 Å². The molecule has 0 aromatic heterocycles. The van der Waals surface area contributed by atoms with E-state index < -0.39 is 18.1 Å². The van der Waals surface area contributed by atoms with E-state index in [-0.39, 0.29) is 5.92 Å². The molecule has 6 heteroatoms. The number of hydrogen-bond donors (Lipinski definition) is 2. The molecular weight excluding hydrogens is 257 g/mol. The highest BCUT2D eigenvalue weighted by Crippen LogP contribution is 2.24. The quantitative estimate of drug-likeness (QED) is 0.862. The molecule has 1 amide bonds. The topological polar surface area (TPSA) is 41.1 Å². The standard InChI is InChI=1S/C13H15F3N2O/c14-13(15,16)12(19)18-11-6-10(7-17-8-11)9-4-2-1-3-5-9/h1-5,10-11,17H,6-8H2,(H,18,19)/t10-,11+/m1/s1. The van der Waals surface area contributed by atoms with Crippen LogP contribution >= 0.6 is 0 Å². The third-order valence-electron chi connectivity index (χ3n) is 3.21. The normalized spacial score (nSPS) is 23.9. The summed E-state index contributed by atoms with van der Waals surface area (Å²) in [5.74, 6) is -1.75. The van der Waals surface area contributed by atoms with Gasteiger partial charge in [0, 0.05) is 19.1 Å². The molecule has 2 N–H and O–H groups in total. The summed E-state index contributed by atoms with van der Waals surface area (Å²) < 4.78 is 36.6. The maximum absolute atomic E-state index is 12.2. The lowest BCUT2D eigenvalue weighted by molar-refractivity contribution is -0.174. The first-order valence-electron chi connectivity index (χ1n) is 6.10. The molecule has 1 fully saturated rings. The minimum atomic E-state index is -4.82. The molecule has 0 unspecified atom stereocenters. The highest BCUT2D eigenvalue weighted by molar-refractivity contribution is 5.81. The van der Waals surface area contributed by atoms with Gasteiger partial charge in [-0.1, -0.05) is 30.3 Å². The van der Waals surface area contributed by atoms with Crippen LogP contribution in [0.5, 0.6) is 0 Å². The SMILES string of the molecule is O=C(N[C@@H]1CNC[C@H](c2ccccc2)C1)C(F)(F)F. The molecule has 1 aromatic rings. The molecule has 1 saturated heterocycles. The van der Waals surface area contributed by atoms with Gasteiger partial charge in [0.05, 0.1) is 0 Å². The predicted octanol–water partition coefficient (Wildman–Crippen LogP) is 1.81. The zero-order valence-electron chi connectivity index (χ0n) is 10.2. The number of hydrogen-bond acceptors (Lipinski definition) is 2. The summed E-state index contributed by atoms with van der Waals surface area (Å²) in [6.45, 7) is 1.08. The van der Waals surface area contributed by atoms with E-state index in [1.165, 1.54) is 0 Å². The lowest BCUT2D eigenvalue weighted by Crippen LogP contribution is -2.51. The molecule has 0 aliphatic carbocycles. The van der Waals surface area contributed by atoms with Crippen molar-refractivity contribution in [2.75, 3.05) is 13.1 Å². The van der Waals surface area contributed by atoms with Crippen molar-refractivity contribution < 1.29 is 18.0 Å². The van der Waals surface area contributed by atoms with Gasteiger partial charge in [0.25, 0.3) is 0 Å². The Hall–Kier alpha value is -1.56. The number of piperidine rings is 1. The van der Waals surface area contributed by atoms with Crippen molar-refractivity contribution in [1.29, 1.82) is 0 Å². The van der Waals surface area contributed by atoms with Crippen LogP contribution in [-0.4, -0.2) is 31.2 Å². The smallest absolute Gasteiger partial charge is 0.344 e. The number of nitrogens with one attached hydrogen (secondary N) is 2. The summed E-state index contributed by atoms with van der Waals surface area (Å²) in [6.07, 6.45) is -4.31. The average molecular weight is 272 g/mol. The van der Waals surface area contributed by atoms with Crippen LogP contribution in [-0.2, 0) is 4.79 Å². The molecule has 1 aliphatic rings. The zero-order chi connectivity index (χ0) is 13.9. The Morgan fingerprint density at radius 2 is 1.89 bits per heavy atom. The molecular formula is C13H15F3N2O. The van der Waals surface area contributed by atoms with Crippen molar-refractivity contribution in [2.45, 2.75) is 24.6 Å². The predicted molar refractivity (Wildman–Crippen MR) is 64.7 cm³/mol. The number of alkyl halides is 3. The van der Waals surface area contributed by atoms with E-state index >= 15 is 0 Å². The first-order chi connectivity index (χ1) is 8.97. The number of carbonyl (C=O) groups is 1. The van der Waals surface area contributed by atoms with Gasteiger partial charge in [-0.15, -0.1) is 0 Å². The Kier molecular flexibility index (Phi) is 4.09. The fourth-order valence-corrected chi connectivity index (χ4v) is 2.30. The second kappa shape index (κ2) is 5.61. The van der Waals surface area contributed by atoms with Gasteiger partial charge in [0.1, 0.15) is 0 Å². The minimum Gasteiger partial charge on any atom is -0.344 e. The fraction of sp³-hybridized carbons (Fsp3) is 0.462. The van der Waals surface area contributed by atoms with Crippen LogP contribution in [0, 0.1) is 0 Å². The van der Waals surface area contributed by atoms with Gasteiger partial charge in [-0.05, 0) is 17.9 Å². The Labute approximate surface area is 109 Å². The largest absolute Gasteiger partial charge is 0.471 e. The van der Waals surface area contributed by atoms with Gasteiger partial charge in [0.2, 0.25) is 0 Å². The first-order valence-corrected chi connectivity index (χ1v) is 6.10. The number of carbonyl (C=O) groups excluding carboxylic acids is 1. The van der Waals surface area contributed by atoms with E-state index in [0.29, 0.717) is 19.5 Å². The maximum atomic E-state index is 12.2. The van der Waals surface area contributed by atoms with E-state index in [1.54, 1.807) is 0 Å². The Morgan fingerprint density at radius 1 is 1.21 bits per heavy atom. The number of rotatable bonds is 2. The van der Waals surface area contributed by atoms with E-state index in [2.05, 4.69) is 5.32 Å². The van der Waals surface area contributed by atoms with Crippen LogP contribution in [0.15, 0.2) is 30.3 Å². The van der Waals surface area contributed by atoms with Crippen LogP contribution in [0.4, 0.5) is 13.2 Å². The van der Waals surface area contributed by atoms with Gasteiger partial charge in [-0.25, -0.2) is 0 Å². The number of benzene rings is 1. The van der Waals surface area contributed by atoms with Crippen molar-refractivity contribution in [1.82, 2.24) is 10.6 Å². The van der Waals surface area contributed by atoms with Gasteiger partial charge in [-0.3, -0.25) is 4.79 Å². The summed E-state index contributed by atoms with van der Waals surface area (Å²) >= 11 is 0. The molecule has 2 rings (SSSR count). The van der Waals surface area contributed by atoms with E-state index in [0.717, 1.165) is 5.56 Å². The highest BCUT2D eigenvalue weighted by atomic mass is 19.4. The van der Waals surface area contributed by atoms with Crippen molar-refractivity contribution in [3.8, 4) is 0 Å². The average Bonchev–Trinajstić information content (AvgIpc) is 2.39. The van der Waals surface area contributed by atoms with Crippen molar-refractivity contribution in [3.05, 3.63) is 35.9 Å². The van der Waals surface area contributed by atoms with Gasteiger partial charge < -0.3 is 10.6 Å². The summed E-state index contributed by atoms with van der Waals surface area (Å²) in [6, 6.07) is 9.08. The Balaban J connectivity index is 1.96. The van der Waals surface area contributed by atoms with Crippen LogP contribution in [0.1, 0.15) is 17.9 Å². The lowest BCUT2D eigenvalue weighted by atomic mass is 9.89. The van der Waals surface area contributed by atoms with E-state index in [4.69, 9.17) is 0 Å². The van der Waals surface area contributed by atoms with Crippen LogP contribution < -0.4 is 10.6 Å². The molecule has 2 atom stereocenters. The fourth-order valence-electron chi connectivity index (χ4n) is 2.30. The second-order valence-corrected chi connectivity index (χ2v) is 4.67. The molecule has 0 radical (unpaired) electrons. The molecule has 104 valence electrons. The summed E-state index contributed by atoms with van der Waals surface area (Å²) in [5, 5.41) is 5.09. The van der Waals surface area contributed by atoms with Gasteiger partial charge in [-0.2, -0.15) is 13.2 Å². The molecule has 1 heterocycles. The van der Waals surface area contributed by atoms with E-state index in [9.17, 15) is 18.0 Å². The summed E-state index contributed by atoms with van der Waals surface area (Å²) in [4.78, 5) is 10.9. The van der Waals surface area contributed by atoms with E-state index in [1.807, 2.05) is 35.6 Å². The third kappa shape index (κ3) is 3.70. The number of halogens is 3. The molecule has 3 nitrogen and oxygen atoms in total. The van der Waals surface area contributed by atoms with Crippen molar-refractivity contribution >= 4 is 5.91 Å².